The molecule has 5 rings (SSSR count). The molecule has 2 aromatic carbocycles. The lowest BCUT2D eigenvalue weighted by atomic mass is 9.82. The van der Waals surface area contributed by atoms with E-state index in [-0.39, 0.29) is 11.7 Å². The highest BCUT2D eigenvalue weighted by atomic mass is 32.2. The van der Waals surface area contributed by atoms with Gasteiger partial charge in [0.2, 0.25) is 5.16 Å². The van der Waals surface area contributed by atoms with Crippen LogP contribution < -0.4 is 0 Å². The number of thioether (sulfide) groups is 1. The zero-order valence-corrected chi connectivity index (χ0v) is 17.8. The van der Waals surface area contributed by atoms with E-state index in [4.69, 9.17) is 4.98 Å². The molecule has 0 saturated heterocycles. The van der Waals surface area contributed by atoms with Crippen LogP contribution >= 0.6 is 11.8 Å². The van der Waals surface area contributed by atoms with Gasteiger partial charge in [0.25, 0.3) is 5.78 Å². The standard InChI is InChI=1S/C24H22N4OS/c1-15-6-8-17(9-7-15)14-30-24-26-23-25-21-11-19(18-5-3-4-16(2)10-18)12-22(29)20(21)13-28(23)27-24/h3-10,13,19H,11-12,14H2,1-2H3/t19-/m1/s1. The van der Waals surface area contributed by atoms with Crippen molar-refractivity contribution in [3.63, 3.8) is 0 Å². The average molecular weight is 415 g/mol. The molecule has 1 aliphatic rings. The molecule has 0 spiro atoms. The molecule has 0 N–H and O–H groups in total. The molecule has 6 heteroatoms. The number of hydrogen-bond acceptors (Lipinski definition) is 5. The number of rotatable bonds is 4. The van der Waals surface area contributed by atoms with Gasteiger partial charge in [0.05, 0.1) is 11.3 Å². The summed E-state index contributed by atoms with van der Waals surface area (Å²) in [4.78, 5) is 22.1. The quantitative estimate of drug-likeness (QED) is 0.442. The lowest BCUT2D eigenvalue weighted by Gasteiger charge is -2.23. The molecule has 0 amide bonds. The van der Waals surface area contributed by atoms with Gasteiger partial charge in [0.15, 0.2) is 5.78 Å². The Bertz CT molecular complexity index is 1250. The summed E-state index contributed by atoms with van der Waals surface area (Å²) in [6.07, 6.45) is 3.06. The zero-order valence-electron chi connectivity index (χ0n) is 17.0. The molecular formula is C24H22N4OS. The Kier molecular flexibility index (Phi) is 4.87. The van der Waals surface area contributed by atoms with Crippen molar-refractivity contribution in [3.05, 3.63) is 88.2 Å². The lowest BCUT2D eigenvalue weighted by molar-refractivity contribution is 0.0962. The second kappa shape index (κ2) is 7.69. The molecule has 0 radical (unpaired) electrons. The molecule has 0 unspecified atom stereocenters. The van der Waals surface area contributed by atoms with E-state index in [9.17, 15) is 4.79 Å². The molecule has 4 aromatic rings. The summed E-state index contributed by atoms with van der Waals surface area (Å²) in [5.74, 6) is 1.64. The third kappa shape index (κ3) is 3.75. The Morgan fingerprint density at radius 3 is 2.67 bits per heavy atom. The smallest absolute Gasteiger partial charge is 0.253 e. The van der Waals surface area contributed by atoms with Crippen LogP contribution in [0, 0.1) is 13.8 Å². The van der Waals surface area contributed by atoms with Crippen LogP contribution in [0.25, 0.3) is 5.78 Å². The average Bonchev–Trinajstić information content (AvgIpc) is 3.14. The lowest BCUT2D eigenvalue weighted by Crippen LogP contribution is -2.21. The monoisotopic (exact) mass is 414 g/mol. The Balaban J connectivity index is 1.40. The highest BCUT2D eigenvalue weighted by Crippen LogP contribution is 2.32. The highest BCUT2D eigenvalue weighted by molar-refractivity contribution is 7.98. The molecule has 2 aromatic heterocycles. The summed E-state index contributed by atoms with van der Waals surface area (Å²) >= 11 is 1.58. The molecule has 0 bridgehead atoms. The summed E-state index contributed by atoms with van der Waals surface area (Å²) in [5, 5.41) is 5.20. The molecule has 0 saturated carbocycles. The Labute approximate surface area is 179 Å². The molecule has 1 atom stereocenters. The first-order chi connectivity index (χ1) is 14.5. The van der Waals surface area contributed by atoms with Crippen LogP contribution in [-0.2, 0) is 12.2 Å². The van der Waals surface area contributed by atoms with Gasteiger partial charge in [-0.1, -0.05) is 71.4 Å². The van der Waals surface area contributed by atoms with E-state index in [1.54, 1.807) is 22.5 Å². The maximum Gasteiger partial charge on any atom is 0.253 e. The second-order valence-corrected chi connectivity index (χ2v) is 8.90. The number of Topliss-reactive ketones (excluding diaryl/α,β-unsaturated/α-hetero) is 1. The summed E-state index contributed by atoms with van der Waals surface area (Å²) in [6, 6.07) is 16.9. The van der Waals surface area contributed by atoms with Crippen LogP contribution in [0.15, 0.2) is 59.9 Å². The van der Waals surface area contributed by atoms with Crippen molar-refractivity contribution in [2.75, 3.05) is 0 Å². The van der Waals surface area contributed by atoms with Gasteiger partial charge in [0, 0.05) is 18.4 Å². The number of ketones is 1. The highest BCUT2D eigenvalue weighted by Gasteiger charge is 2.28. The Morgan fingerprint density at radius 2 is 1.87 bits per heavy atom. The fourth-order valence-corrected chi connectivity index (χ4v) is 4.70. The van der Waals surface area contributed by atoms with Crippen molar-refractivity contribution in [2.24, 2.45) is 0 Å². The fraction of sp³-hybridized carbons (Fsp3) is 0.250. The predicted octanol–water partition coefficient (Wildman–Crippen LogP) is 4.95. The summed E-state index contributed by atoms with van der Waals surface area (Å²) in [5.41, 5.74) is 6.39. The van der Waals surface area contributed by atoms with Crippen LogP contribution in [0.3, 0.4) is 0 Å². The molecule has 5 nitrogen and oxygen atoms in total. The van der Waals surface area contributed by atoms with Gasteiger partial charge in [-0.15, -0.1) is 5.10 Å². The summed E-state index contributed by atoms with van der Waals surface area (Å²) < 4.78 is 1.64. The maximum atomic E-state index is 12.8. The van der Waals surface area contributed by atoms with Gasteiger partial charge in [0.1, 0.15) is 0 Å². The SMILES string of the molecule is Cc1ccc(CSc2nc3nc4c(cn3n2)C(=O)C[C@H](c2cccc(C)c2)C4)cc1. The van der Waals surface area contributed by atoms with Crippen molar-refractivity contribution in [3.8, 4) is 0 Å². The third-order valence-corrected chi connectivity index (χ3v) is 6.47. The summed E-state index contributed by atoms with van der Waals surface area (Å²) in [6.45, 7) is 4.16. The largest absolute Gasteiger partial charge is 0.294 e. The molecular weight excluding hydrogens is 392 g/mol. The minimum Gasteiger partial charge on any atom is -0.294 e. The van der Waals surface area contributed by atoms with Crippen LogP contribution in [0.5, 0.6) is 0 Å². The molecule has 150 valence electrons. The number of aromatic nitrogens is 4. The van der Waals surface area contributed by atoms with Crippen LogP contribution in [0.1, 0.15) is 50.6 Å². The van der Waals surface area contributed by atoms with E-state index in [0.717, 1.165) is 17.9 Å². The summed E-state index contributed by atoms with van der Waals surface area (Å²) in [7, 11) is 0. The van der Waals surface area contributed by atoms with Gasteiger partial charge in [-0.25, -0.2) is 9.50 Å². The van der Waals surface area contributed by atoms with E-state index in [2.05, 4.69) is 72.5 Å². The number of carbonyl (C=O) groups is 1. The Hall–Kier alpha value is -2.99. The molecule has 30 heavy (non-hydrogen) atoms. The normalized spacial score (nSPS) is 16.1. The van der Waals surface area contributed by atoms with Crippen molar-refractivity contribution in [1.82, 2.24) is 19.6 Å². The Morgan fingerprint density at radius 1 is 1.03 bits per heavy atom. The molecule has 0 aliphatic heterocycles. The van der Waals surface area contributed by atoms with Gasteiger partial charge >= 0.3 is 0 Å². The van der Waals surface area contributed by atoms with Crippen molar-refractivity contribution >= 4 is 23.3 Å². The number of fused-ring (bicyclic) bond motifs is 2. The molecule has 1 aliphatic carbocycles. The van der Waals surface area contributed by atoms with E-state index in [1.807, 2.05) is 0 Å². The molecule has 2 heterocycles. The second-order valence-electron chi connectivity index (χ2n) is 7.96. The molecule has 0 fully saturated rings. The van der Waals surface area contributed by atoms with Crippen molar-refractivity contribution in [2.45, 2.75) is 43.5 Å². The van der Waals surface area contributed by atoms with E-state index < -0.39 is 0 Å². The van der Waals surface area contributed by atoms with Crippen molar-refractivity contribution in [1.29, 1.82) is 0 Å². The van der Waals surface area contributed by atoms with E-state index in [0.29, 0.717) is 22.9 Å². The topological polar surface area (TPSA) is 60.1 Å². The zero-order chi connectivity index (χ0) is 20.7. The number of aryl methyl sites for hydroxylation is 2. The van der Waals surface area contributed by atoms with Gasteiger partial charge < -0.3 is 0 Å². The first-order valence-electron chi connectivity index (χ1n) is 10.1. The minimum absolute atomic E-state index is 0.126. The van der Waals surface area contributed by atoms with Gasteiger partial charge in [-0.2, -0.15) is 4.98 Å². The van der Waals surface area contributed by atoms with Gasteiger partial charge in [-0.05, 0) is 37.3 Å². The number of benzene rings is 2. The van der Waals surface area contributed by atoms with E-state index >= 15 is 0 Å². The van der Waals surface area contributed by atoms with Crippen LogP contribution in [0.4, 0.5) is 0 Å². The minimum atomic E-state index is 0.126. The first kappa shape index (κ1) is 19.0. The van der Waals surface area contributed by atoms with Crippen LogP contribution in [-0.4, -0.2) is 25.4 Å². The number of hydrogen-bond donors (Lipinski definition) is 0. The number of nitrogens with zero attached hydrogens (tertiary/aromatic N) is 4. The number of carbonyl (C=O) groups excluding carboxylic acids is 1. The van der Waals surface area contributed by atoms with Crippen LogP contribution in [0.2, 0.25) is 0 Å². The maximum absolute atomic E-state index is 12.8. The van der Waals surface area contributed by atoms with Crippen molar-refractivity contribution < 1.29 is 4.79 Å². The fourth-order valence-electron chi connectivity index (χ4n) is 3.92. The third-order valence-electron chi connectivity index (χ3n) is 5.57. The van der Waals surface area contributed by atoms with Gasteiger partial charge in [-0.3, -0.25) is 4.79 Å². The predicted molar refractivity (Wildman–Crippen MR) is 118 cm³/mol. The van der Waals surface area contributed by atoms with E-state index in [1.165, 1.54) is 22.3 Å². The first-order valence-corrected chi connectivity index (χ1v) is 11.1.